The largest absolute Gasteiger partial charge is 0.345 e. The Bertz CT molecular complexity index is 350. The number of carbonyl (C=O) groups is 1. The SMILES string of the molecule is CN(CCc1cccs1)C(=O)[C@@H]1CCCNC1.Cl. The van der Waals surface area contributed by atoms with Crippen molar-refractivity contribution in [2.75, 3.05) is 26.7 Å². The molecule has 1 saturated heterocycles. The molecule has 0 unspecified atom stereocenters. The third-order valence-electron chi connectivity index (χ3n) is 3.30. The van der Waals surface area contributed by atoms with Crippen LogP contribution in [0.15, 0.2) is 17.5 Å². The highest BCUT2D eigenvalue weighted by Gasteiger charge is 2.23. The number of piperidine rings is 1. The predicted molar refractivity (Wildman–Crippen MR) is 78.5 cm³/mol. The molecule has 0 spiro atoms. The summed E-state index contributed by atoms with van der Waals surface area (Å²) in [6.45, 7) is 2.74. The van der Waals surface area contributed by atoms with Gasteiger partial charge < -0.3 is 10.2 Å². The monoisotopic (exact) mass is 288 g/mol. The molecule has 5 heteroatoms. The molecule has 102 valence electrons. The Labute approximate surface area is 119 Å². The first-order chi connectivity index (χ1) is 8.27. The number of amides is 1. The number of likely N-dealkylation sites (N-methyl/N-ethyl adjacent to an activating group) is 1. The maximum absolute atomic E-state index is 12.1. The van der Waals surface area contributed by atoms with E-state index in [-0.39, 0.29) is 18.3 Å². The number of hydrogen-bond acceptors (Lipinski definition) is 3. The van der Waals surface area contributed by atoms with E-state index >= 15 is 0 Å². The Morgan fingerprint density at radius 1 is 1.61 bits per heavy atom. The molecule has 3 nitrogen and oxygen atoms in total. The first-order valence-electron chi connectivity index (χ1n) is 6.25. The number of nitrogens with one attached hydrogen (secondary N) is 1. The summed E-state index contributed by atoms with van der Waals surface area (Å²) in [6, 6.07) is 4.19. The van der Waals surface area contributed by atoms with E-state index in [1.165, 1.54) is 4.88 Å². The molecule has 0 bridgehead atoms. The molecule has 1 aromatic heterocycles. The van der Waals surface area contributed by atoms with Gasteiger partial charge in [-0.25, -0.2) is 0 Å². The van der Waals surface area contributed by atoms with Crippen molar-refractivity contribution in [3.63, 3.8) is 0 Å². The molecule has 1 amide bonds. The van der Waals surface area contributed by atoms with Gasteiger partial charge in [0.05, 0.1) is 5.92 Å². The second-order valence-corrected chi connectivity index (χ2v) is 5.66. The summed E-state index contributed by atoms with van der Waals surface area (Å²) in [4.78, 5) is 15.4. The first kappa shape index (κ1) is 15.5. The van der Waals surface area contributed by atoms with Crippen LogP contribution in [0.5, 0.6) is 0 Å². The van der Waals surface area contributed by atoms with Crippen LogP contribution in [0.25, 0.3) is 0 Å². The Kier molecular flexibility index (Phi) is 6.68. The van der Waals surface area contributed by atoms with Gasteiger partial charge in [-0.15, -0.1) is 23.7 Å². The summed E-state index contributed by atoms with van der Waals surface area (Å²) in [5, 5.41) is 5.38. The molecule has 18 heavy (non-hydrogen) atoms. The maximum atomic E-state index is 12.1. The standard InChI is InChI=1S/C13H20N2OS.ClH/c1-15(8-6-12-5-3-9-17-12)13(16)11-4-2-7-14-10-11;/h3,5,9,11,14H,2,4,6-8,10H2,1H3;1H/t11-;/m1./s1. The number of carbonyl (C=O) groups excluding carboxylic acids is 1. The topological polar surface area (TPSA) is 32.3 Å². The average molecular weight is 289 g/mol. The zero-order chi connectivity index (χ0) is 12.1. The lowest BCUT2D eigenvalue weighted by Gasteiger charge is -2.26. The van der Waals surface area contributed by atoms with Crippen LogP contribution in [0.1, 0.15) is 17.7 Å². The van der Waals surface area contributed by atoms with Gasteiger partial charge in [0.1, 0.15) is 0 Å². The lowest BCUT2D eigenvalue weighted by Crippen LogP contribution is -2.42. The molecule has 1 N–H and O–H groups in total. The summed E-state index contributed by atoms with van der Waals surface area (Å²) < 4.78 is 0. The van der Waals surface area contributed by atoms with Crippen molar-refractivity contribution in [1.29, 1.82) is 0 Å². The molecule has 0 saturated carbocycles. The molecule has 0 aliphatic carbocycles. The van der Waals surface area contributed by atoms with E-state index in [1.54, 1.807) is 11.3 Å². The van der Waals surface area contributed by atoms with Crippen molar-refractivity contribution >= 4 is 29.7 Å². The molecule has 0 radical (unpaired) electrons. The Hall–Kier alpha value is -0.580. The summed E-state index contributed by atoms with van der Waals surface area (Å²) >= 11 is 1.76. The van der Waals surface area contributed by atoms with E-state index in [2.05, 4.69) is 22.8 Å². The van der Waals surface area contributed by atoms with Crippen molar-refractivity contribution in [2.45, 2.75) is 19.3 Å². The normalized spacial score (nSPS) is 19.1. The minimum atomic E-state index is 0. The van der Waals surface area contributed by atoms with E-state index in [9.17, 15) is 4.79 Å². The molecule has 0 aromatic carbocycles. The third-order valence-corrected chi connectivity index (χ3v) is 4.23. The Morgan fingerprint density at radius 2 is 2.44 bits per heavy atom. The Balaban J connectivity index is 0.00000162. The molecule has 1 fully saturated rings. The van der Waals surface area contributed by atoms with Crippen LogP contribution in [0.2, 0.25) is 0 Å². The molecular formula is C13H21ClN2OS. The summed E-state index contributed by atoms with van der Waals surface area (Å²) in [6.07, 6.45) is 3.13. The van der Waals surface area contributed by atoms with Gasteiger partial charge in [-0.3, -0.25) is 4.79 Å². The van der Waals surface area contributed by atoms with E-state index < -0.39 is 0 Å². The van der Waals surface area contributed by atoms with Crippen LogP contribution in [0.3, 0.4) is 0 Å². The zero-order valence-corrected chi connectivity index (χ0v) is 12.4. The van der Waals surface area contributed by atoms with Crippen LogP contribution < -0.4 is 5.32 Å². The molecule has 1 aromatic rings. The lowest BCUT2D eigenvalue weighted by atomic mass is 9.98. The van der Waals surface area contributed by atoms with E-state index in [0.717, 1.165) is 38.9 Å². The van der Waals surface area contributed by atoms with Gasteiger partial charge in [-0.05, 0) is 37.3 Å². The maximum Gasteiger partial charge on any atom is 0.226 e. The smallest absolute Gasteiger partial charge is 0.226 e. The van der Waals surface area contributed by atoms with E-state index in [1.807, 2.05) is 11.9 Å². The van der Waals surface area contributed by atoms with Gasteiger partial charge >= 0.3 is 0 Å². The van der Waals surface area contributed by atoms with Gasteiger partial charge in [0.25, 0.3) is 0 Å². The molecule has 1 atom stereocenters. The minimum Gasteiger partial charge on any atom is -0.345 e. The predicted octanol–water partition coefficient (Wildman–Crippen LogP) is 2.17. The number of halogens is 1. The van der Waals surface area contributed by atoms with Gasteiger partial charge in [0.2, 0.25) is 5.91 Å². The summed E-state index contributed by atoms with van der Waals surface area (Å²) in [5.74, 6) is 0.492. The molecule has 1 aliphatic rings. The highest BCUT2D eigenvalue weighted by atomic mass is 35.5. The second-order valence-electron chi connectivity index (χ2n) is 4.63. The van der Waals surface area contributed by atoms with Crippen molar-refractivity contribution < 1.29 is 4.79 Å². The Morgan fingerprint density at radius 3 is 3.06 bits per heavy atom. The van der Waals surface area contributed by atoms with E-state index in [0.29, 0.717) is 5.91 Å². The molecule has 1 aliphatic heterocycles. The quantitative estimate of drug-likeness (QED) is 0.921. The number of thiophene rings is 1. The van der Waals surface area contributed by atoms with Crippen molar-refractivity contribution in [3.05, 3.63) is 22.4 Å². The highest BCUT2D eigenvalue weighted by molar-refractivity contribution is 7.09. The van der Waals surface area contributed by atoms with Crippen molar-refractivity contribution in [2.24, 2.45) is 5.92 Å². The van der Waals surface area contributed by atoms with Crippen LogP contribution in [0, 0.1) is 5.92 Å². The van der Waals surface area contributed by atoms with Crippen LogP contribution in [-0.4, -0.2) is 37.5 Å². The number of hydrogen-bond donors (Lipinski definition) is 1. The summed E-state index contributed by atoms with van der Waals surface area (Å²) in [7, 11) is 1.92. The summed E-state index contributed by atoms with van der Waals surface area (Å²) in [5.41, 5.74) is 0. The van der Waals surface area contributed by atoms with Crippen molar-refractivity contribution in [3.8, 4) is 0 Å². The fraction of sp³-hybridized carbons (Fsp3) is 0.615. The lowest BCUT2D eigenvalue weighted by molar-refractivity contribution is -0.134. The second kappa shape index (κ2) is 7.77. The van der Waals surface area contributed by atoms with Crippen LogP contribution in [-0.2, 0) is 11.2 Å². The van der Waals surface area contributed by atoms with Crippen LogP contribution >= 0.6 is 23.7 Å². The van der Waals surface area contributed by atoms with Crippen LogP contribution in [0.4, 0.5) is 0 Å². The third kappa shape index (κ3) is 4.26. The first-order valence-corrected chi connectivity index (χ1v) is 7.13. The van der Waals surface area contributed by atoms with Gasteiger partial charge in [-0.1, -0.05) is 6.07 Å². The zero-order valence-electron chi connectivity index (χ0n) is 10.7. The van der Waals surface area contributed by atoms with Gasteiger partial charge in [0, 0.05) is 25.0 Å². The average Bonchev–Trinajstić information content (AvgIpc) is 2.89. The van der Waals surface area contributed by atoms with Crippen molar-refractivity contribution in [1.82, 2.24) is 10.2 Å². The van der Waals surface area contributed by atoms with Gasteiger partial charge in [0.15, 0.2) is 0 Å². The fourth-order valence-electron chi connectivity index (χ4n) is 2.22. The molecule has 2 heterocycles. The minimum absolute atomic E-state index is 0. The van der Waals surface area contributed by atoms with E-state index in [4.69, 9.17) is 0 Å². The molecule has 2 rings (SSSR count). The molecular weight excluding hydrogens is 268 g/mol. The number of rotatable bonds is 4. The highest BCUT2D eigenvalue weighted by Crippen LogP contribution is 2.14. The fourth-order valence-corrected chi connectivity index (χ4v) is 2.92. The number of nitrogens with zero attached hydrogens (tertiary/aromatic N) is 1. The van der Waals surface area contributed by atoms with Gasteiger partial charge in [-0.2, -0.15) is 0 Å².